The summed E-state index contributed by atoms with van der Waals surface area (Å²) in [4.78, 5) is 0. The number of halogens is 1. The largest absolute Gasteiger partial charge is 0.496 e. The quantitative estimate of drug-likeness (QED) is 0.820. The van der Waals surface area contributed by atoms with Gasteiger partial charge < -0.3 is 9.84 Å². The first-order valence-electron chi connectivity index (χ1n) is 5.62. The van der Waals surface area contributed by atoms with Crippen molar-refractivity contribution >= 4 is 11.6 Å². The van der Waals surface area contributed by atoms with Crippen LogP contribution in [-0.2, 0) is 5.41 Å². The molecule has 1 fully saturated rings. The van der Waals surface area contributed by atoms with Gasteiger partial charge in [0, 0.05) is 16.9 Å². The Labute approximate surface area is 101 Å². The molecule has 2 nitrogen and oxygen atoms in total. The molecular weight excluding hydrogens is 224 g/mol. The van der Waals surface area contributed by atoms with Crippen LogP contribution in [0.3, 0.4) is 0 Å². The standard InChI is InChI=1S/C13H17ClO2/c1-16-11-6-3-2-5-10(11)13(7-4-8-13)12(15)9-14/h2-3,5-6,12,15H,4,7-9H2,1H3/t12-/m0/s1. The molecule has 0 unspecified atom stereocenters. The second-order valence-corrected chi connectivity index (χ2v) is 4.69. The molecule has 1 aromatic carbocycles. The Balaban J connectivity index is 2.40. The molecule has 0 aromatic heterocycles. The molecule has 0 bridgehead atoms. The van der Waals surface area contributed by atoms with E-state index in [-0.39, 0.29) is 11.3 Å². The SMILES string of the molecule is COc1ccccc1C1([C@@H](O)CCl)CCC1. The lowest BCUT2D eigenvalue weighted by Crippen LogP contribution is -2.46. The summed E-state index contributed by atoms with van der Waals surface area (Å²) < 4.78 is 5.37. The van der Waals surface area contributed by atoms with Crippen LogP contribution in [0.5, 0.6) is 5.75 Å². The van der Waals surface area contributed by atoms with Gasteiger partial charge in [-0.1, -0.05) is 24.6 Å². The highest BCUT2D eigenvalue weighted by Crippen LogP contribution is 2.49. The zero-order valence-electron chi connectivity index (χ0n) is 9.45. The first-order valence-corrected chi connectivity index (χ1v) is 6.15. The van der Waals surface area contributed by atoms with E-state index in [4.69, 9.17) is 16.3 Å². The normalized spacial score (nSPS) is 19.9. The molecule has 16 heavy (non-hydrogen) atoms. The fourth-order valence-corrected chi connectivity index (χ4v) is 2.84. The van der Waals surface area contributed by atoms with Crippen molar-refractivity contribution in [1.29, 1.82) is 0 Å². The van der Waals surface area contributed by atoms with Gasteiger partial charge in [-0.15, -0.1) is 11.6 Å². The first-order chi connectivity index (χ1) is 7.74. The summed E-state index contributed by atoms with van der Waals surface area (Å²) in [5, 5.41) is 10.1. The number of ether oxygens (including phenoxy) is 1. The van der Waals surface area contributed by atoms with Gasteiger partial charge >= 0.3 is 0 Å². The van der Waals surface area contributed by atoms with Crippen LogP contribution in [0.25, 0.3) is 0 Å². The Bertz CT molecular complexity index is 361. The smallest absolute Gasteiger partial charge is 0.122 e. The van der Waals surface area contributed by atoms with E-state index in [0.29, 0.717) is 0 Å². The molecule has 3 heteroatoms. The highest BCUT2D eigenvalue weighted by Gasteiger charge is 2.46. The van der Waals surface area contributed by atoms with E-state index in [1.54, 1.807) is 7.11 Å². The van der Waals surface area contributed by atoms with Crippen LogP contribution < -0.4 is 4.74 Å². The van der Waals surface area contributed by atoms with E-state index in [1.165, 1.54) is 0 Å². The third-order valence-corrected chi connectivity index (χ3v) is 3.97. The van der Waals surface area contributed by atoms with Gasteiger partial charge in [0.15, 0.2) is 0 Å². The van der Waals surface area contributed by atoms with E-state index in [1.807, 2.05) is 24.3 Å². The fraction of sp³-hybridized carbons (Fsp3) is 0.538. The van der Waals surface area contributed by atoms with Crippen molar-refractivity contribution < 1.29 is 9.84 Å². The van der Waals surface area contributed by atoms with Crippen LogP contribution >= 0.6 is 11.6 Å². The zero-order chi connectivity index (χ0) is 11.6. The number of aliphatic hydroxyl groups is 1. The van der Waals surface area contributed by atoms with Gasteiger partial charge in [0.2, 0.25) is 0 Å². The summed E-state index contributed by atoms with van der Waals surface area (Å²) in [6.07, 6.45) is 2.63. The lowest BCUT2D eigenvalue weighted by molar-refractivity contribution is 0.0428. The lowest BCUT2D eigenvalue weighted by Gasteiger charge is -2.46. The summed E-state index contributed by atoms with van der Waals surface area (Å²) in [6, 6.07) is 7.91. The molecule has 0 spiro atoms. The minimum atomic E-state index is -0.487. The van der Waals surface area contributed by atoms with Gasteiger partial charge in [-0.2, -0.15) is 0 Å². The number of aliphatic hydroxyl groups excluding tert-OH is 1. The minimum absolute atomic E-state index is 0.186. The van der Waals surface area contributed by atoms with Gasteiger partial charge in [0.25, 0.3) is 0 Å². The van der Waals surface area contributed by atoms with Crippen molar-refractivity contribution in [3.8, 4) is 5.75 Å². The molecule has 2 rings (SSSR count). The van der Waals surface area contributed by atoms with Crippen molar-refractivity contribution in [3.05, 3.63) is 29.8 Å². The van der Waals surface area contributed by atoms with Gasteiger partial charge in [0.05, 0.1) is 13.2 Å². The Morgan fingerprint density at radius 1 is 1.44 bits per heavy atom. The topological polar surface area (TPSA) is 29.5 Å². The Morgan fingerprint density at radius 3 is 2.62 bits per heavy atom. The maximum atomic E-state index is 10.1. The highest BCUT2D eigenvalue weighted by molar-refractivity contribution is 6.18. The van der Waals surface area contributed by atoms with Crippen LogP contribution in [0, 0.1) is 0 Å². The van der Waals surface area contributed by atoms with Crippen molar-refractivity contribution in [1.82, 2.24) is 0 Å². The van der Waals surface area contributed by atoms with E-state index >= 15 is 0 Å². The molecule has 0 radical (unpaired) electrons. The van der Waals surface area contributed by atoms with E-state index in [9.17, 15) is 5.11 Å². The Morgan fingerprint density at radius 2 is 2.12 bits per heavy atom. The number of benzene rings is 1. The number of hydrogen-bond donors (Lipinski definition) is 1. The lowest BCUT2D eigenvalue weighted by atomic mass is 9.61. The van der Waals surface area contributed by atoms with E-state index in [2.05, 4.69) is 0 Å². The summed E-state index contributed by atoms with van der Waals surface area (Å²) in [5.41, 5.74) is 0.908. The van der Waals surface area contributed by atoms with Crippen molar-refractivity contribution in [3.63, 3.8) is 0 Å². The van der Waals surface area contributed by atoms with Gasteiger partial charge in [0.1, 0.15) is 5.75 Å². The van der Waals surface area contributed by atoms with E-state index in [0.717, 1.165) is 30.6 Å². The molecule has 0 heterocycles. The predicted molar refractivity (Wildman–Crippen MR) is 65.2 cm³/mol. The van der Waals surface area contributed by atoms with Crippen molar-refractivity contribution in [2.45, 2.75) is 30.8 Å². The molecule has 1 aromatic rings. The second-order valence-electron chi connectivity index (χ2n) is 4.38. The molecule has 1 N–H and O–H groups in total. The Hall–Kier alpha value is -0.730. The minimum Gasteiger partial charge on any atom is -0.496 e. The summed E-state index contributed by atoms with van der Waals surface area (Å²) in [7, 11) is 1.66. The fourth-order valence-electron chi connectivity index (χ4n) is 2.54. The summed E-state index contributed by atoms with van der Waals surface area (Å²) in [5.74, 6) is 1.13. The molecule has 1 aliphatic carbocycles. The molecule has 1 saturated carbocycles. The predicted octanol–water partition coefficient (Wildman–Crippen LogP) is 2.72. The van der Waals surface area contributed by atoms with E-state index < -0.39 is 6.10 Å². The van der Waals surface area contributed by atoms with Crippen LogP contribution in [0.4, 0.5) is 0 Å². The molecular formula is C13H17ClO2. The number of methoxy groups -OCH3 is 1. The maximum Gasteiger partial charge on any atom is 0.122 e. The molecule has 1 aliphatic rings. The molecule has 88 valence electrons. The van der Waals surface area contributed by atoms with Crippen LogP contribution in [-0.4, -0.2) is 24.2 Å². The van der Waals surface area contributed by atoms with Crippen LogP contribution in [0.2, 0.25) is 0 Å². The van der Waals surface area contributed by atoms with Crippen LogP contribution in [0.1, 0.15) is 24.8 Å². The Kier molecular flexibility index (Phi) is 3.41. The first kappa shape index (κ1) is 11.7. The summed E-state index contributed by atoms with van der Waals surface area (Å²) in [6.45, 7) is 0. The van der Waals surface area contributed by atoms with Gasteiger partial charge in [-0.05, 0) is 18.9 Å². The maximum absolute atomic E-state index is 10.1. The summed E-state index contributed by atoms with van der Waals surface area (Å²) >= 11 is 5.80. The van der Waals surface area contributed by atoms with Gasteiger partial charge in [-0.25, -0.2) is 0 Å². The second kappa shape index (κ2) is 4.64. The third kappa shape index (κ3) is 1.70. The molecule has 0 aliphatic heterocycles. The zero-order valence-corrected chi connectivity index (χ0v) is 10.2. The van der Waals surface area contributed by atoms with Gasteiger partial charge in [-0.3, -0.25) is 0 Å². The number of alkyl halides is 1. The number of hydrogen-bond acceptors (Lipinski definition) is 2. The van der Waals surface area contributed by atoms with Crippen molar-refractivity contribution in [2.24, 2.45) is 0 Å². The molecule has 0 amide bonds. The third-order valence-electron chi connectivity index (χ3n) is 3.67. The monoisotopic (exact) mass is 240 g/mol. The number of para-hydroxylation sites is 1. The number of rotatable bonds is 4. The molecule has 1 atom stereocenters. The van der Waals surface area contributed by atoms with Crippen molar-refractivity contribution in [2.75, 3.05) is 13.0 Å². The van der Waals surface area contributed by atoms with Crippen LogP contribution in [0.15, 0.2) is 24.3 Å². The average molecular weight is 241 g/mol. The average Bonchev–Trinajstić information content (AvgIpc) is 2.28. The molecule has 0 saturated heterocycles. The highest BCUT2D eigenvalue weighted by atomic mass is 35.5.